The largest absolute Gasteiger partial charge is 0.465 e. The molecule has 0 bridgehead atoms. The molecule has 124 valence electrons. The summed E-state index contributed by atoms with van der Waals surface area (Å²) < 4.78 is 69.0. The Labute approximate surface area is 129 Å². The number of halogens is 3. The fourth-order valence-corrected chi connectivity index (χ4v) is 3.06. The monoisotopic (exact) mass is 348 g/mol. The molecule has 2 aromatic rings. The maximum Gasteiger partial charge on any atom is 0.417 e. The molecule has 0 unspecified atom stereocenters. The van der Waals surface area contributed by atoms with E-state index < -0.39 is 32.6 Å². The van der Waals surface area contributed by atoms with Crippen LogP contribution in [0.5, 0.6) is 0 Å². The average Bonchev–Trinajstić information content (AvgIpc) is 2.97. The summed E-state index contributed by atoms with van der Waals surface area (Å²) in [5.41, 5.74) is -1.70. The van der Waals surface area contributed by atoms with Gasteiger partial charge in [-0.15, -0.1) is 0 Å². The quantitative estimate of drug-likeness (QED) is 0.860. The lowest BCUT2D eigenvalue weighted by atomic mass is 10.1. The van der Waals surface area contributed by atoms with Crippen molar-refractivity contribution >= 4 is 16.0 Å². The molecule has 1 N–H and O–H groups in total. The Kier molecular flexibility index (Phi) is 4.37. The molecule has 0 fully saturated rings. The van der Waals surface area contributed by atoms with E-state index in [0.29, 0.717) is 12.1 Å². The second kappa shape index (κ2) is 5.95. The van der Waals surface area contributed by atoms with E-state index in [1.807, 2.05) is 4.83 Å². The minimum absolute atomic E-state index is 0.312. The van der Waals surface area contributed by atoms with E-state index in [2.05, 4.69) is 4.74 Å². The summed E-state index contributed by atoms with van der Waals surface area (Å²) in [6.45, 7) is 0. The van der Waals surface area contributed by atoms with E-state index in [9.17, 15) is 26.4 Å². The molecule has 0 saturated heterocycles. The van der Waals surface area contributed by atoms with E-state index >= 15 is 0 Å². The van der Waals surface area contributed by atoms with Crippen LogP contribution < -0.4 is 4.83 Å². The van der Waals surface area contributed by atoms with Crippen LogP contribution in [0.3, 0.4) is 0 Å². The zero-order valence-electron chi connectivity index (χ0n) is 11.7. The smallest absolute Gasteiger partial charge is 0.417 e. The van der Waals surface area contributed by atoms with Gasteiger partial charge in [-0.3, -0.25) is 4.68 Å². The predicted octanol–water partition coefficient (Wildman–Crippen LogP) is 2.23. The topological polar surface area (TPSA) is 77.4 Å². The Morgan fingerprint density at radius 2 is 1.83 bits per heavy atom. The minimum atomic E-state index is -4.91. The SMILES string of the molecule is COC(=O)c1ccc(C(F)(F)F)c(S(=O)(=O)Nn2cccc2)c1. The number of sulfonamides is 1. The Morgan fingerprint density at radius 1 is 1.22 bits per heavy atom. The first-order valence-corrected chi connectivity index (χ1v) is 7.59. The molecule has 0 radical (unpaired) electrons. The molecule has 0 amide bonds. The number of carbonyl (C=O) groups excluding carboxylic acids is 1. The number of benzene rings is 1. The number of aromatic nitrogens is 1. The van der Waals surface area contributed by atoms with E-state index in [1.165, 1.54) is 24.5 Å². The lowest BCUT2D eigenvalue weighted by Gasteiger charge is -2.15. The third kappa shape index (κ3) is 3.65. The van der Waals surface area contributed by atoms with Crippen molar-refractivity contribution in [1.29, 1.82) is 0 Å². The molecule has 0 atom stereocenters. The molecule has 10 heteroatoms. The van der Waals surface area contributed by atoms with Gasteiger partial charge in [-0.1, -0.05) is 0 Å². The van der Waals surface area contributed by atoms with Crippen LogP contribution in [0.4, 0.5) is 13.2 Å². The molecule has 23 heavy (non-hydrogen) atoms. The van der Waals surface area contributed by atoms with Crippen LogP contribution in [-0.2, 0) is 20.9 Å². The normalized spacial score (nSPS) is 12.0. The standard InChI is InChI=1S/C13H11F3N2O4S/c1-22-12(19)9-4-5-10(13(14,15)16)11(8-9)23(20,21)17-18-6-2-3-7-18/h2-8,17H,1H3. The highest BCUT2D eigenvalue weighted by Crippen LogP contribution is 2.35. The Morgan fingerprint density at radius 3 is 2.35 bits per heavy atom. The first kappa shape index (κ1) is 16.9. The van der Waals surface area contributed by atoms with Crippen LogP contribution in [0, 0.1) is 0 Å². The average molecular weight is 348 g/mol. The lowest BCUT2D eigenvalue weighted by Crippen LogP contribution is -2.25. The van der Waals surface area contributed by atoms with Gasteiger partial charge in [0.05, 0.1) is 18.2 Å². The maximum atomic E-state index is 13.1. The lowest BCUT2D eigenvalue weighted by molar-refractivity contribution is -0.139. The van der Waals surface area contributed by atoms with Gasteiger partial charge in [-0.05, 0) is 30.3 Å². The summed E-state index contributed by atoms with van der Waals surface area (Å²) in [4.78, 5) is 12.3. The fraction of sp³-hybridized carbons (Fsp3) is 0.154. The third-order valence-corrected chi connectivity index (χ3v) is 4.20. The molecule has 0 aliphatic carbocycles. The number of nitrogens with zero attached hydrogens (tertiary/aromatic N) is 1. The van der Waals surface area contributed by atoms with Crippen LogP contribution in [0.25, 0.3) is 0 Å². The van der Waals surface area contributed by atoms with Crippen LogP contribution in [0.15, 0.2) is 47.6 Å². The first-order chi connectivity index (χ1) is 10.6. The summed E-state index contributed by atoms with van der Waals surface area (Å²) >= 11 is 0. The minimum Gasteiger partial charge on any atom is -0.465 e. The van der Waals surface area contributed by atoms with Crippen molar-refractivity contribution in [2.24, 2.45) is 0 Å². The van der Waals surface area contributed by atoms with E-state index in [0.717, 1.165) is 17.9 Å². The highest BCUT2D eigenvalue weighted by molar-refractivity contribution is 7.92. The summed E-state index contributed by atoms with van der Waals surface area (Å²) in [5.74, 6) is -0.948. The van der Waals surface area contributed by atoms with Crippen molar-refractivity contribution in [2.45, 2.75) is 11.1 Å². The Balaban J connectivity index is 2.59. The zero-order valence-corrected chi connectivity index (χ0v) is 12.5. The number of esters is 1. The molecule has 1 heterocycles. The van der Waals surface area contributed by atoms with E-state index in [1.54, 1.807) is 0 Å². The van der Waals surface area contributed by atoms with E-state index in [4.69, 9.17) is 0 Å². The maximum absolute atomic E-state index is 13.1. The zero-order chi connectivity index (χ0) is 17.3. The van der Waals surface area contributed by atoms with Gasteiger partial charge in [0, 0.05) is 12.4 Å². The molecule has 1 aromatic carbocycles. The fourth-order valence-electron chi connectivity index (χ4n) is 1.81. The second-order valence-electron chi connectivity index (χ2n) is 4.39. The molecule has 0 aliphatic heterocycles. The van der Waals surface area contributed by atoms with Gasteiger partial charge >= 0.3 is 12.1 Å². The predicted molar refractivity (Wildman–Crippen MR) is 73.8 cm³/mol. The van der Waals surface area contributed by atoms with Gasteiger partial charge in [0.25, 0.3) is 10.0 Å². The molecular weight excluding hydrogens is 337 g/mol. The first-order valence-electron chi connectivity index (χ1n) is 6.10. The molecule has 0 saturated carbocycles. The molecule has 2 rings (SSSR count). The van der Waals surface area contributed by atoms with E-state index in [-0.39, 0.29) is 5.56 Å². The molecular formula is C13H11F3N2O4S. The van der Waals surface area contributed by atoms with Crippen molar-refractivity contribution in [3.63, 3.8) is 0 Å². The van der Waals surface area contributed by atoms with Gasteiger partial charge in [0.1, 0.15) is 4.90 Å². The number of rotatable bonds is 4. The van der Waals surface area contributed by atoms with Crippen LogP contribution in [0.2, 0.25) is 0 Å². The number of methoxy groups -OCH3 is 1. The number of hydrogen-bond donors (Lipinski definition) is 1. The summed E-state index contributed by atoms with van der Waals surface area (Å²) in [6.07, 6.45) is -2.31. The van der Waals surface area contributed by atoms with Crippen molar-refractivity contribution in [1.82, 2.24) is 4.68 Å². The van der Waals surface area contributed by atoms with Gasteiger partial charge in [-0.2, -0.15) is 21.6 Å². The summed E-state index contributed by atoms with van der Waals surface area (Å²) in [6, 6.07) is 4.97. The van der Waals surface area contributed by atoms with Gasteiger partial charge < -0.3 is 4.74 Å². The van der Waals surface area contributed by atoms with Gasteiger partial charge in [0.2, 0.25) is 0 Å². The number of carbonyl (C=O) groups is 1. The molecule has 6 nitrogen and oxygen atoms in total. The number of alkyl halides is 3. The molecule has 0 spiro atoms. The Bertz CT molecular complexity index is 814. The third-order valence-electron chi connectivity index (χ3n) is 2.83. The number of ether oxygens (including phenoxy) is 1. The van der Waals surface area contributed by atoms with Crippen LogP contribution in [0.1, 0.15) is 15.9 Å². The van der Waals surface area contributed by atoms with Crippen molar-refractivity contribution in [3.05, 3.63) is 53.9 Å². The van der Waals surface area contributed by atoms with Gasteiger partial charge in [0.15, 0.2) is 0 Å². The molecule has 1 aromatic heterocycles. The van der Waals surface area contributed by atoms with Crippen LogP contribution >= 0.6 is 0 Å². The van der Waals surface area contributed by atoms with Gasteiger partial charge in [-0.25, -0.2) is 9.63 Å². The highest BCUT2D eigenvalue weighted by Gasteiger charge is 2.38. The highest BCUT2D eigenvalue weighted by atomic mass is 32.2. The Hall–Kier alpha value is -2.49. The molecule has 0 aliphatic rings. The number of hydrogen-bond acceptors (Lipinski definition) is 4. The summed E-state index contributed by atoms with van der Waals surface area (Å²) in [7, 11) is -3.54. The van der Waals surface area contributed by atoms with Crippen LogP contribution in [-0.4, -0.2) is 26.2 Å². The number of nitrogens with one attached hydrogen (secondary N) is 1. The second-order valence-corrected chi connectivity index (χ2v) is 6.01. The van der Waals surface area contributed by atoms with Crippen molar-refractivity contribution < 1.29 is 31.1 Å². The van der Waals surface area contributed by atoms with Crippen molar-refractivity contribution in [3.8, 4) is 0 Å². The summed E-state index contributed by atoms with van der Waals surface area (Å²) in [5, 5.41) is 0. The van der Waals surface area contributed by atoms with Crippen molar-refractivity contribution in [2.75, 3.05) is 11.9 Å².